The maximum absolute atomic E-state index is 14.2. The predicted octanol–water partition coefficient (Wildman–Crippen LogP) is 2.93. The summed E-state index contributed by atoms with van der Waals surface area (Å²) in [6, 6.07) is 8.65. The Morgan fingerprint density at radius 1 is 1.45 bits per heavy atom. The molecule has 1 saturated heterocycles. The fourth-order valence-electron chi connectivity index (χ4n) is 2.16. The van der Waals surface area contributed by atoms with Crippen LogP contribution in [0.25, 0.3) is 10.4 Å². The summed E-state index contributed by atoms with van der Waals surface area (Å²) >= 11 is 3.01. The summed E-state index contributed by atoms with van der Waals surface area (Å²) in [6.45, 7) is 0.495. The molecule has 2 aromatic rings. The third-order valence-electron chi connectivity index (χ3n) is 3.19. The molecule has 1 amide bonds. The van der Waals surface area contributed by atoms with Gasteiger partial charge < -0.3 is 0 Å². The van der Waals surface area contributed by atoms with Crippen LogP contribution >= 0.6 is 11.3 Å². The standard InChI is InChI=1S/C14H13AsFNO2S/c15-7-10-8-17(14(18)19-10)9-3-4-11(12(16)6-9)13-2-1-5-20-13/h1-6,10H,7-8,15H2. The van der Waals surface area contributed by atoms with Gasteiger partial charge in [0.05, 0.1) is 0 Å². The Bertz CT molecular complexity index is 632. The fraction of sp³-hybridized carbons (Fsp3) is 0.214. The van der Waals surface area contributed by atoms with Crippen molar-refractivity contribution in [2.24, 2.45) is 0 Å². The second-order valence-electron chi connectivity index (χ2n) is 4.49. The zero-order valence-electron chi connectivity index (χ0n) is 10.6. The number of thiophene rings is 1. The van der Waals surface area contributed by atoms with E-state index in [1.165, 1.54) is 39.2 Å². The van der Waals surface area contributed by atoms with Gasteiger partial charge >= 0.3 is 129 Å². The molecule has 1 aromatic carbocycles. The molecule has 0 N–H and O–H groups in total. The average Bonchev–Trinajstić information content (AvgIpc) is 3.07. The normalized spacial score (nSPS) is 18.4. The van der Waals surface area contributed by atoms with Crippen LogP contribution in [0.1, 0.15) is 0 Å². The number of halogens is 1. The number of nitrogens with zero attached hydrogens (tertiary/aromatic N) is 1. The third kappa shape index (κ3) is 2.48. The van der Waals surface area contributed by atoms with Gasteiger partial charge in [-0.25, -0.2) is 0 Å². The maximum atomic E-state index is 14.2. The number of carbonyl (C=O) groups is 1. The van der Waals surface area contributed by atoms with Gasteiger partial charge in [0.1, 0.15) is 0 Å². The van der Waals surface area contributed by atoms with Crippen LogP contribution in [-0.4, -0.2) is 35.6 Å². The Morgan fingerprint density at radius 3 is 2.90 bits per heavy atom. The van der Waals surface area contributed by atoms with Crippen LogP contribution < -0.4 is 4.90 Å². The molecule has 2 atom stereocenters. The second kappa shape index (κ2) is 5.58. The topological polar surface area (TPSA) is 29.5 Å². The number of amides is 1. The number of hydrogen-bond acceptors (Lipinski definition) is 3. The van der Waals surface area contributed by atoms with Gasteiger partial charge in [0.15, 0.2) is 0 Å². The number of carbonyl (C=O) groups excluding carboxylic acids is 1. The molecule has 1 aromatic heterocycles. The SMILES string of the molecule is O=C1OC(C[AsH2])CN1c1ccc(-c2cccs2)c(F)c1. The fourth-order valence-corrected chi connectivity index (χ4v) is 3.43. The summed E-state index contributed by atoms with van der Waals surface area (Å²) in [5.74, 6) is -0.318. The summed E-state index contributed by atoms with van der Waals surface area (Å²) < 4.78 is 19.4. The molecule has 1 aliphatic rings. The quantitative estimate of drug-likeness (QED) is 0.794. The first-order valence-electron chi connectivity index (χ1n) is 6.20. The van der Waals surface area contributed by atoms with E-state index in [0.29, 0.717) is 17.8 Å². The average molecular weight is 353 g/mol. The van der Waals surface area contributed by atoms with E-state index in [-0.39, 0.29) is 11.9 Å². The van der Waals surface area contributed by atoms with Crippen molar-refractivity contribution in [3.05, 3.63) is 41.5 Å². The number of ether oxygens (including phenoxy) is 1. The van der Waals surface area contributed by atoms with Crippen LogP contribution in [0.2, 0.25) is 5.21 Å². The molecule has 1 aliphatic heterocycles. The van der Waals surface area contributed by atoms with Gasteiger partial charge in [-0.15, -0.1) is 0 Å². The zero-order valence-corrected chi connectivity index (χ0v) is 13.8. The van der Waals surface area contributed by atoms with E-state index >= 15 is 0 Å². The molecule has 104 valence electrons. The van der Waals surface area contributed by atoms with E-state index < -0.39 is 6.09 Å². The second-order valence-corrected chi connectivity index (χ2v) is 6.43. The Morgan fingerprint density at radius 2 is 2.30 bits per heavy atom. The van der Waals surface area contributed by atoms with Crippen molar-refractivity contribution >= 4 is 40.0 Å². The number of anilines is 1. The Kier molecular flexibility index (Phi) is 3.81. The van der Waals surface area contributed by atoms with Crippen molar-refractivity contribution in [2.75, 3.05) is 11.4 Å². The van der Waals surface area contributed by atoms with E-state index in [9.17, 15) is 9.18 Å². The molecule has 1 fully saturated rings. The van der Waals surface area contributed by atoms with Crippen molar-refractivity contribution in [2.45, 2.75) is 11.3 Å². The van der Waals surface area contributed by atoms with Crippen molar-refractivity contribution in [1.29, 1.82) is 0 Å². The molecule has 3 nitrogen and oxygen atoms in total. The molecule has 2 unspecified atom stereocenters. The van der Waals surface area contributed by atoms with Crippen LogP contribution in [0, 0.1) is 5.82 Å². The molecule has 0 spiro atoms. The van der Waals surface area contributed by atoms with Crippen molar-refractivity contribution in [1.82, 2.24) is 0 Å². The van der Waals surface area contributed by atoms with Crippen molar-refractivity contribution < 1.29 is 13.9 Å². The molecule has 0 bridgehead atoms. The van der Waals surface area contributed by atoms with E-state index in [1.54, 1.807) is 12.1 Å². The molecular formula is C14H13AsFNO2S. The van der Waals surface area contributed by atoms with Crippen LogP contribution in [0.15, 0.2) is 35.7 Å². The van der Waals surface area contributed by atoms with Gasteiger partial charge in [-0.05, 0) is 0 Å². The summed E-state index contributed by atoms with van der Waals surface area (Å²) in [5.41, 5.74) is 1.11. The Hall–Kier alpha value is -1.32. The van der Waals surface area contributed by atoms with Crippen LogP contribution in [0.3, 0.4) is 0 Å². The van der Waals surface area contributed by atoms with Crippen LogP contribution in [0.4, 0.5) is 14.9 Å². The first-order chi connectivity index (χ1) is 9.69. The molecule has 20 heavy (non-hydrogen) atoms. The van der Waals surface area contributed by atoms with E-state index in [0.717, 1.165) is 10.1 Å². The van der Waals surface area contributed by atoms with Crippen LogP contribution in [-0.2, 0) is 4.74 Å². The molecule has 0 aliphatic carbocycles. The van der Waals surface area contributed by atoms with E-state index in [4.69, 9.17) is 4.74 Å². The minimum atomic E-state index is -0.393. The van der Waals surface area contributed by atoms with Gasteiger partial charge in [0.2, 0.25) is 0 Å². The first-order valence-corrected chi connectivity index (χ1v) is 8.80. The number of cyclic esters (lactones) is 1. The zero-order chi connectivity index (χ0) is 14.1. The number of benzene rings is 1. The van der Waals surface area contributed by atoms with Gasteiger partial charge in [0, 0.05) is 0 Å². The minimum absolute atomic E-state index is 0.0810. The summed E-state index contributed by atoms with van der Waals surface area (Å²) in [4.78, 5) is 14.1. The van der Waals surface area contributed by atoms with Gasteiger partial charge in [0.25, 0.3) is 0 Å². The molecule has 3 rings (SSSR count). The van der Waals surface area contributed by atoms with Gasteiger partial charge in [-0.3, -0.25) is 0 Å². The third-order valence-corrected chi connectivity index (χ3v) is 5.19. The number of rotatable bonds is 3. The molecule has 2 heterocycles. The van der Waals surface area contributed by atoms with Crippen molar-refractivity contribution in [3.8, 4) is 10.4 Å². The van der Waals surface area contributed by atoms with Crippen molar-refractivity contribution in [3.63, 3.8) is 0 Å². The first kappa shape index (κ1) is 13.7. The molecule has 6 heteroatoms. The van der Waals surface area contributed by atoms with E-state index in [1.807, 2.05) is 17.5 Å². The number of hydrogen-bond donors (Lipinski definition) is 0. The molecule has 0 radical (unpaired) electrons. The summed E-state index contributed by atoms with van der Waals surface area (Å²) in [5, 5.41) is 2.74. The Balaban J connectivity index is 1.89. The van der Waals surface area contributed by atoms with E-state index in [2.05, 4.69) is 0 Å². The monoisotopic (exact) mass is 353 g/mol. The molecule has 0 saturated carbocycles. The predicted molar refractivity (Wildman–Crippen MR) is 80.7 cm³/mol. The van der Waals surface area contributed by atoms with Gasteiger partial charge in [-0.1, -0.05) is 0 Å². The summed E-state index contributed by atoms with van der Waals surface area (Å²) in [7, 11) is 0. The molecular weight excluding hydrogens is 340 g/mol. The Labute approximate surface area is 128 Å². The van der Waals surface area contributed by atoms with Crippen LogP contribution in [0.5, 0.6) is 0 Å². The summed E-state index contributed by atoms with van der Waals surface area (Å²) in [6.07, 6.45) is -0.474. The van der Waals surface area contributed by atoms with Gasteiger partial charge in [-0.2, -0.15) is 0 Å².